The lowest BCUT2D eigenvalue weighted by molar-refractivity contribution is -0.139. The second-order valence-electron chi connectivity index (χ2n) is 3.39. The van der Waals surface area contributed by atoms with Gasteiger partial charge in [0, 0.05) is 12.1 Å². The van der Waals surface area contributed by atoms with E-state index in [0.717, 1.165) is 6.08 Å². The third-order valence-electron chi connectivity index (χ3n) is 1.80. The fourth-order valence-electron chi connectivity index (χ4n) is 0.585. The van der Waals surface area contributed by atoms with Gasteiger partial charge < -0.3 is 9.64 Å². The van der Waals surface area contributed by atoms with Crippen molar-refractivity contribution in [2.45, 2.75) is 19.9 Å². The summed E-state index contributed by atoms with van der Waals surface area (Å²) in [6, 6.07) is 0.171. The van der Waals surface area contributed by atoms with E-state index in [2.05, 4.69) is 0 Å². The zero-order chi connectivity index (χ0) is 11.1. The molecule has 0 amide bonds. The lowest BCUT2D eigenvalue weighted by atomic mass is 10.3. The number of rotatable bonds is 5. The molecule has 0 aromatic rings. The Kier molecular flexibility index (Phi) is 5.79. The molecule has 0 aliphatic carbocycles. The van der Waals surface area contributed by atoms with Crippen LogP contribution in [0, 0.1) is 0 Å². The minimum atomic E-state index is -0.478. The number of hydrogen-bond donors (Lipinski definition) is 0. The molecule has 0 saturated carbocycles. The normalized spacial score (nSPS) is 13.2. The Morgan fingerprint density at radius 1 is 1.36 bits per heavy atom. The quantitative estimate of drug-likeness (QED) is 0.481. The molecule has 1 atom stereocenters. The van der Waals surface area contributed by atoms with Crippen LogP contribution >= 0.6 is 0 Å². The van der Waals surface area contributed by atoms with Crippen LogP contribution in [0.3, 0.4) is 0 Å². The molecular weight excluding hydrogens is 182 g/mol. The van der Waals surface area contributed by atoms with E-state index >= 15 is 0 Å². The van der Waals surface area contributed by atoms with Gasteiger partial charge in [-0.05, 0) is 34.0 Å². The van der Waals surface area contributed by atoms with Crippen molar-refractivity contribution in [1.29, 1.82) is 0 Å². The first kappa shape index (κ1) is 12.8. The average molecular weight is 199 g/mol. The van der Waals surface area contributed by atoms with Crippen LogP contribution in [-0.2, 0) is 14.3 Å². The molecule has 4 nitrogen and oxygen atoms in total. The van der Waals surface area contributed by atoms with E-state index in [1.54, 1.807) is 0 Å². The van der Waals surface area contributed by atoms with Crippen molar-refractivity contribution in [3.8, 4) is 0 Å². The van der Waals surface area contributed by atoms with Crippen LogP contribution in [0.2, 0.25) is 0 Å². The van der Waals surface area contributed by atoms with Gasteiger partial charge in [0.25, 0.3) is 0 Å². The predicted octanol–water partition coefficient (Wildman–Crippen LogP) is 0.625. The fourth-order valence-corrected chi connectivity index (χ4v) is 0.585. The van der Waals surface area contributed by atoms with Gasteiger partial charge in [-0.25, -0.2) is 4.79 Å². The van der Waals surface area contributed by atoms with Gasteiger partial charge in [-0.15, -0.1) is 0 Å². The summed E-state index contributed by atoms with van der Waals surface area (Å²) in [5, 5.41) is 0. The maximum atomic E-state index is 11.0. The summed E-state index contributed by atoms with van der Waals surface area (Å²) in [6.07, 6.45) is 2.34. The van der Waals surface area contributed by atoms with Gasteiger partial charge in [-0.1, -0.05) is 0 Å². The Hall–Kier alpha value is -1.16. The molecule has 0 bridgehead atoms. The molecule has 0 aromatic heterocycles. The van der Waals surface area contributed by atoms with Crippen molar-refractivity contribution in [1.82, 2.24) is 4.90 Å². The smallest absolute Gasteiger partial charge is 0.330 e. The van der Waals surface area contributed by atoms with Gasteiger partial charge in [0.1, 0.15) is 6.61 Å². The molecule has 0 radical (unpaired) electrons. The molecule has 4 heteroatoms. The second-order valence-corrected chi connectivity index (χ2v) is 3.39. The van der Waals surface area contributed by atoms with Crippen molar-refractivity contribution in [2.75, 3.05) is 20.7 Å². The van der Waals surface area contributed by atoms with Crippen LogP contribution in [0.25, 0.3) is 0 Å². The van der Waals surface area contributed by atoms with E-state index in [1.165, 1.54) is 13.0 Å². The minimum absolute atomic E-state index is 0.164. The molecule has 0 heterocycles. The van der Waals surface area contributed by atoms with Crippen LogP contribution in [-0.4, -0.2) is 43.4 Å². The number of hydrogen-bond acceptors (Lipinski definition) is 4. The monoisotopic (exact) mass is 199 g/mol. The summed E-state index contributed by atoms with van der Waals surface area (Å²) < 4.78 is 4.90. The highest BCUT2D eigenvalue weighted by molar-refractivity contribution is 5.94. The Labute approximate surface area is 84.5 Å². The SMILES string of the molecule is CC(=O)/C=C/C(=O)OCC(C)N(C)C. The summed E-state index contributed by atoms with van der Waals surface area (Å²) in [5.74, 6) is -0.642. The molecule has 0 N–H and O–H groups in total. The number of esters is 1. The Balaban J connectivity index is 3.80. The molecule has 0 aliphatic heterocycles. The maximum Gasteiger partial charge on any atom is 0.330 e. The third kappa shape index (κ3) is 6.37. The number of allylic oxidation sites excluding steroid dienone is 1. The number of ketones is 1. The van der Waals surface area contributed by atoms with Gasteiger partial charge in [0.2, 0.25) is 0 Å². The van der Waals surface area contributed by atoms with Crippen molar-refractivity contribution in [2.24, 2.45) is 0 Å². The summed E-state index contributed by atoms with van der Waals surface area (Å²) >= 11 is 0. The second kappa shape index (κ2) is 6.32. The Morgan fingerprint density at radius 3 is 2.36 bits per heavy atom. The largest absolute Gasteiger partial charge is 0.461 e. The van der Waals surface area contributed by atoms with E-state index in [1.807, 2.05) is 25.9 Å². The first-order valence-electron chi connectivity index (χ1n) is 4.45. The summed E-state index contributed by atoms with van der Waals surface area (Å²) in [7, 11) is 3.81. The summed E-state index contributed by atoms with van der Waals surface area (Å²) in [6.45, 7) is 3.66. The molecule has 0 aromatic carbocycles. The average Bonchev–Trinajstić information content (AvgIpc) is 2.10. The molecule has 0 saturated heterocycles. The molecule has 80 valence electrons. The van der Waals surface area contributed by atoms with Gasteiger partial charge in [0.15, 0.2) is 5.78 Å². The Bertz CT molecular complexity index is 234. The summed E-state index contributed by atoms with van der Waals surface area (Å²) in [4.78, 5) is 23.4. The van der Waals surface area contributed by atoms with Crippen LogP contribution in [0.1, 0.15) is 13.8 Å². The molecule has 0 aliphatic rings. The number of nitrogens with zero attached hydrogens (tertiary/aromatic N) is 1. The third-order valence-corrected chi connectivity index (χ3v) is 1.80. The van der Waals surface area contributed by atoms with Crippen molar-refractivity contribution in [3.05, 3.63) is 12.2 Å². The molecule has 0 spiro atoms. The van der Waals surface area contributed by atoms with Gasteiger partial charge >= 0.3 is 5.97 Å². The zero-order valence-corrected chi connectivity index (χ0v) is 9.11. The van der Waals surface area contributed by atoms with Gasteiger partial charge in [0.05, 0.1) is 0 Å². The fraction of sp³-hybridized carbons (Fsp3) is 0.600. The van der Waals surface area contributed by atoms with E-state index in [9.17, 15) is 9.59 Å². The maximum absolute atomic E-state index is 11.0. The van der Waals surface area contributed by atoms with Gasteiger partial charge in [-0.3, -0.25) is 4.79 Å². The van der Waals surface area contributed by atoms with E-state index < -0.39 is 5.97 Å². The van der Waals surface area contributed by atoms with Crippen LogP contribution < -0.4 is 0 Å². The molecular formula is C10H17NO3. The number of ether oxygens (including phenoxy) is 1. The number of carbonyl (C=O) groups is 2. The highest BCUT2D eigenvalue weighted by Gasteiger charge is 2.06. The van der Waals surface area contributed by atoms with Gasteiger partial charge in [-0.2, -0.15) is 0 Å². The lowest BCUT2D eigenvalue weighted by Gasteiger charge is -2.18. The molecule has 0 rings (SSSR count). The first-order valence-corrected chi connectivity index (χ1v) is 4.45. The van der Waals surface area contributed by atoms with Crippen LogP contribution in [0.5, 0.6) is 0 Å². The minimum Gasteiger partial charge on any atom is -0.461 e. The van der Waals surface area contributed by atoms with Crippen molar-refractivity contribution >= 4 is 11.8 Å². The highest BCUT2D eigenvalue weighted by atomic mass is 16.5. The lowest BCUT2D eigenvalue weighted by Crippen LogP contribution is -2.30. The van der Waals surface area contributed by atoms with Crippen LogP contribution in [0.4, 0.5) is 0 Å². The first-order chi connectivity index (χ1) is 6.43. The topological polar surface area (TPSA) is 46.6 Å². The van der Waals surface area contributed by atoms with Crippen molar-refractivity contribution in [3.63, 3.8) is 0 Å². The zero-order valence-electron chi connectivity index (χ0n) is 9.11. The standard InChI is InChI=1S/C10H17NO3/c1-8(11(3)4)7-14-10(13)6-5-9(2)12/h5-6,8H,7H2,1-4H3/b6-5+. The number of likely N-dealkylation sites (N-methyl/N-ethyl adjacent to an activating group) is 1. The number of carbonyl (C=O) groups excluding carboxylic acids is 2. The molecule has 14 heavy (non-hydrogen) atoms. The Morgan fingerprint density at radius 2 is 1.93 bits per heavy atom. The van der Waals surface area contributed by atoms with E-state index in [-0.39, 0.29) is 11.8 Å². The predicted molar refractivity (Wildman–Crippen MR) is 53.9 cm³/mol. The van der Waals surface area contributed by atoms with E-state index in [0.29, 0.717) is 6.61 Å². The molecule has 1 unspecified atom stereocenters. The summed E-state index contributed by atoms with van der Waals surface area (Å²) in [5.41, 5.74) is 0. The van der Waals surface area contributed by atoms with Crippen LogP contribution in [0.15, 0.2) is 12.2 Å². The van der Waals surface area contributed by atoms with Crippen molar-refractivity contribution < 1.29 is 14.3 Å². The molecule has 0 fully saturated rings. The van der Waals surface area contributed by atoms with E-state index in [4.69, 9.17) is 4.74 Å². The highest BCUT2D eigenvalue weighted by Crippen LogP contribution is 1.93.